The molecule has 0 amide bonds. The molecule has 0 unspecified atom stereocenters. The smallest absolute Gasteiger partial charge is 0.0594 e. The Morgan fingerprint density at radius 3 is 2.59 bits per heavy atom. The largest absolute Gasteiger partial charge is 0.379 e. The number of hydrogen-bond donors (Lipinski definition) is 1. The predicted molar refractivity (Wildman–Crippen MR) is 73.6 cm³/mol. The molecule has 0 N–H and O–H groups in total. The molecule has 0 spiro atoms. The highest BCUT2D eigenvalue weighted by molar-refractivity contribution is 7.80. The number of rotatable bonds is 2. The van der Waals surface area contributed by atoms with Gasteiger partial charge < -0.3 is 4.74 Å². The van der Waals surface area contributed by atoms with E-state index in [1.807, 2.05) is 0 Å². The average Bonchev–Trinajstić information content (AvgIpc) is 2.74. The first-order chi connectivity index (χ1) is 8.12. The minimum Gasteiger partial charge on any atom is -0.379 e. The standard InChI is InChI=1S/C14H25NOS/c1-13(2)11-3-4-14(13,10-17)12(9-11)15-5-7-16-8-6-15/h11-12,17H,3-10H2,1-2H3/t11-,12-,14+/m1/s1. The van der Waals surface area contributed by atoms with E-state index in [4.69, 9.17) is 17.4 Å². The van der Waals surface area contributed by atoms with Gasteiger partial charge in [0.05, 0.1) is 13.2 Å². The summed E-state index contributed by atoms with van der Waals surface area (Å²) in [5, 5.41) is 0. The third-order valence-electron chi connectivity index (χ3n) is 6.16. The summed E-state index contributed by atoms with van der Waals surface area (Å²) >= 11 is 4.74. The first kappa shape index (κ1) is 12.3. The third-order valence-corrected chi connectivity index (χ3v) is 6.72. The van der Waals surface area contributed by atoms with Crippen LogP contribution in [-0.4, -0.2) is 43.0 Å². The minimum atomic E-state index is 0.456. The second-order valence-electron chi connectivity index (χ2n) is 6.67. The van der Waals surface area contributed by atoms with Gasteiger partial charge in [-0.2, -0.15) is 12.6 Å². The van der Waals surface area contributed by atoms with Crippen molar-refractivity contribution in [1.29, 1.82) is 0 Å². The summed E-state index contributed by atoms with van der Waals surface area (Å²) in [7, 11) is 0. The lowest BCUT2D eigenvalue weighted by Gasteiger charge is -2.47. The summed E-state index contributed by atoms with van der Waals surface area (Å²) in [5.41, 5.74) is 0.940. The first-order valence-corrected chi connectivity index (χ1v) is 7.68. The lowest BCUT2D eigenvalue weighted by atomic mass is 9.68. The number of hydrogen-bond acceptors (Lipinski definition) is 3. The van der Waals surface area contributed by atoms with Crippen LogP contribution in [0.4, 0.5) is 0 Å². The van der Waals surface area contributed by atoms with Crippen LogP contribution < -0.4 is 0 Å². The van der Waals surface area contributed by atoms with Gasteiger partial charge in [-0.3, -0.25) is 4.90 Å². The van der Waals surface area contributed by atoms with E-state index < -0.39 is 0 Å². The summed E-state index contributed by atoms with van der Waals surface area (Å²) in [5.74, 6) is 1.97. The molecular weight excluding hydrogens is 230 g/mol. The Morgan fingerprint density at radius 1 is 1.29 bits per heavy atom. The maximum atomic E-state index is 5.50. The highest BCUT2D eigenvalue weighted by atomic mass is 32.1. The lowest BCUT2D eigenvalue weighted by molar-refractivity contribution is -0.0249. The summed E-state index contributed by atoms with van der Waals surface area (Å²) in [6, 6.07) is 0.762. The number of ether oxygens (including phenoxy) is 1. The fourth-order valence-electron chi connectivity index (χ4n) is 4.80. The van der Waals surface area contributed by atoms with Crippen LogP contribution in [0.1, 0.15) is 33.1 Å². The Kier molecular flexibility index (Phi) is 3.00. The van der Waals surface area contributed by atoms with Crippen molar-refractivity contribution < 1.29 is 4.74 Å². The zero-order valence-corrected chi connectivity index (χ0v) is 12.0. The Hall–Kier alpha value is 0.270. The van der Waals surface area contributed by atoms with Crippen molar-refractivity contribution in [2.75, 3.05) is 32.1 Å². The summed E-state index contributed by atoms with van der Waals surface area (Å²) in [6.45, 7) is 9.07. The van der Waals surface area contributed by atoms with Gasteiger partial charge in [0, 0.05) is 24.5 Å². The molecule has 17 heavy (non-hydrogen) atoms. The molecule has 1 aliphatic heterocycles. The fraction of sp³-hybridized carbons (Fsp3) is 1.00. The summed E-state index contributed by atoms with van der Waals surface area (Å²) in [4.78, 5) is 2.70. The molecule has 0 aromatic carbocycles. The Balaban J connectivity index is 1.87. The number of nitrogens with zero attached hydrogens (tertiary/aromatic N) is 1. The molecule has 98 valence electrons. The van der Waals surface area contributed by atoms with Crippen LogP contribution >= 0.6 is 12.6 Å². The molecule has 3 atom stereocenters. The predicted octanol–water partition coefficient (Wildman–Crippen LogP) is 2.44. The Bertz CT molecular complexity index is 301. The van der Waals surface area contributed by atoms with Gasteiger partial charge in [0.1, 0.15) is 0 Å². The van der Waals surface area contributed by atoms with Gasteiger partial charge in [-0.1, -0.05) is 13.8 Å². The van der Waals surface area contributed by atoms with Crippen LogP contribution in [0.5, 0.6) is 0 Å². The second kappa shape index (κ2) is 4.14. The monoisotopic (exact) mass is 255 g/mol. The molecule has 0 radical (unpaired) electrons. The fourth-order valence-corrected chi connectivity index (χ4v) is 5.58. The molecule has 0 aromatic heterocycles. The zero-order chi connectivity index (χ0) is 12.1. The van der Waals surface area contributed by atoms with Crippen molar-refractivity contribution >= 4 is 12.6 Å². The van der Waals surface area contributed by atoms with Crippen molar-refractivity contribution in [3.63, 3.8) is 0 Å². The van der Waals surface area contributed by atoms with Crippen molar-refractivity contribution in [3.05, 3.63) is 0 Å². The van der Waals surface area contributed by atoms with E-state index >= 15 is 0 Å². The molecule has 2 bridgehead atoms. The highest BCUT2D eigenvalue weighted by Crippen LogP contribution is 2.67. The molecule has 2 saturated carbocycles. The molecule has 3 fully saturated rings. The van der Waals surface area contributed by atoms with Crippen molar-refractivity contribution in [2.45, 2.75) is 39.2 Å². The van der Waals surface area contributed by atoms with E-state index in [-0.39, 0.29) is 0 Å². The molecular formula is C14H25NOS. The van der Waals surface area contributed by atoms with Gasteiger partial charge >= 0.3 is 0 Å². The third kappa shape index (κ3) is 1.55. The first-order valence-electron chi connectivity index (χ1n) is 7.04. The van der Waals surface area contributed by atoms with Crippen molar-refractivity contribution in [1.82, 2.24) is 4.90 Å². The Morgan fingerprint density at radius 2 is 2.00 bits per heavy atom. The van der Waals surface area contributed by atoms with Gasteiger partial charge in [-0.15, -0.1) is 0 Å². The highest BCUT2D eigenvalue weighted by Gasteiger charge is 2.64. The molecule has 1 heterocycles. The molecule has 2 aliphatic carbocycles. The molecule has 3 rings (SSSR count). The quantitative estimate of drug-likeness (QED) is 0.761. The van der Waals surface area contributed by atoms with Crippen LogP contribution in [-0.2, 0) is 4.74 Å². The van der Waals surface area contributed by atoms with Gasteiger partial charge in [0.2, 0.25) is 0 Å². The molecule has 0 aromatic rings. The van der Waals surface area contributed by atoms with Gasteiger partial charge in [0.15, 0.2) is 0 Å². The minimum absolute atomic E-state index is 0.456. The van der Waals surface area contributed by atoms with E-state index in [9.17, 15) is 0 Å². The van der Waals surface area contributed by atoms with Crippen molar-refractivity contribution in [3.8, 4) is 0 Å². The van der Waals surface area contributed by atoms with E-state index in [2.05, 4.69) is 18.7 Å². The van der Waals surface area contributed by atoms with Crippen LogP contribution in [0.2, 0.25) is 0 Å². The number of morpholine rings is 1. The second-order valence-corrected chi connectivity index (χ2v) is 6.99. The van der Waals surface area contributed by atoms with Gasteiger partial charge in [-0.05, 0) is 36.3 Å². The molecule has 2 nitrogen and oxygen atoms in total. The lowest BCUT2D eigenvalue weighted by Crippen LogP contribution is -2.53. The summed E-state index contributed by atoms with van der Waals surface area (Å²) < 4.78 is 5.50. The SMILES string of the molecule is CC1(C)[C@@H]2CC[C@]1(CS)[C@H](N1CCOCC1)C2. The van der Waals surface area contributed by atoms with Crippen molar-refractivity contribution in [2.24, 2.45) is 16.7 Å². The zero-order valence-electron chi connectivity index (χ0n) is 11.1. The maximum absolute atomic E-state index is 5.50. The van der Waals surface area contributed by atoms with Crippen LogP contribution in [0, 0.1) is 16.7 Å². The van der Waals surface area contributed by atoms with Gasteiger partial charge in [0.25, 0.3) is 0 Å². The van der Waals surface area contributed by atoms with Crippen LogP contribution in [0.3, 0.4) is 0 Å². The molecule has 3 aliphatic rings. The van der Waals surface area contributed by atoms with Gasteiger partial charge in [-0.25, -0.2) is 0 Å². The van der Waals surface area contributed by atoms with E-state index in [1.165, 1.54) is 19.3 Å². The van der Waals surface area contributed by atoms with Crippen LogP contribution in [0.25, 0.3) is 0 Å². The molecule has 3 heteroatoms. The normalized spacial score (nSPS) is 45.4. The molecule has 1 saturated heterocycles. The van der Waals surface area contributed by atoms with E-state index in [0.717, 1.165) is 44.0 Å². The topological polar surface area (TPSA) is 12.5 Å². The van der Waals surface area contributed by atoms with Crippen LogP contribution in [0.15, 0.2) is 0 Å². The summed E-state index contributed by atoms with van der Waals surface area (Å²) in [6.07, 6.45) is 4.21. The van der Waals surface area contributed by atoms with E-state index in [0.29, 0.717) is 10.8 Å². The Labute approximate surface area is 110 Å². The average molecular weight is 255 g/mol. The van der Waals surface area contributed by atoms with E-state index in [1.54, 1.807) is 0 Å². The number of thiol groups is 1. The maximum Gasteiger partial charge on any atom is 0.0594 e. The number of fused-ring (bicyclic) bond motifs is 2.